The maximum absolute atomic E-state index is 9.58. The fourth-order valence-electron chi connectivity index (χ4n) is 2.08. The number of nitrogens with zero attached hydrogens (tertiary/aromatic N) is 3. The van der Waals surface area contributed by atoms with Gasteiger partial charge in [0.25, 0.3) is 0 Å². The third kappa shape index (κ3) is 1.92. The van der Waals surface area contributed by atoms with Crippen molar-refractivity contribution in [3.63, 3.8) is 0 Å². The fourth-order valence-corrected chi connectivity index (χ4v) is 2.08. The van der Waals surface area contributed by atoms with E-state index in [2.05, 4.69) is 9.97 Å². The van der Waals surface area contributed by atoms with Gasteiger partial charge in [-0.15, -0.1) is 0 Å². The molecule has 0 saturated carbocycles. The van der Waals surface area contributed by atoms with Crippen molar-refractivity contribution >= 4 is 27.8 Å². The summed E-state index contributed by atoms with van der Waals surface area (Å²) in [6.07, 6.45) is 1.26. The molecule has 0 bridgehead atoms. The Morgan fingerprint density at radius 2 is 2.26 bits per heavy atom. The molecule has 0 aliphatic carbocycles. The third-order valence-electron chi connectivity index (χ3n) is 2.94. The molecule has 2 aromatic heterocycles. The smallest absolute Gasteiger partial charge is 0.152 e. The predicted molar refractivity (Wildman–Crippen MR) is 75.7 cm³/mol. The van der Waals surface area contributed by atoms with Crippen LogP contribution in [0.15, 0.2) is 30.6 Å². The van der Waals surface area contributed by atoms with Crippen molar-refractivity contribution < 1.29 is 10.6 Å². The SMILES string of the molecule is [2H]C([2H])(O)C(C)C([2H])([2H])n1cnc2c(N)nc3ccccc3c21. The Morgan fingerprint density at radius 3 is 3.05 bits per heavy atom. The second-order valence-corrected chi connectivity index (χ2v) is 4.31. The van der Waals surface area contributed by atoms with Crippen LogP contribution in [0.2, 0.25) is 0 Å². The van der Waals surface area contributed by atoms with Gasteiger partial charge in [-0.2, -0.15) is 0 Å². The van der Waals surface area contributed by atoms with Crippen LogP contribution in [0, 0.1) is 5.92 Å². The molecule has 1 aromatic carbocycles. The average molecular weight is 260 g/mol. The number of aliphatic hydroxyl groups is 1. The van der Waals surface area contributed by atoms with E-state index < -0.39 is 19.0 Å². The lowest BCUT2D eigenvalue weighted by atomic mass is 10.1. The molecule has 0 spiro atoms. The molecule has 98 valence electrons. The van der Waals surface area contributed by atoms with Crippen molar-refractivity contribution in [2.24, 2.45) is 5.92 Å². The summed E-state index contributed by atoms with van der Waals surface area (Å²) in [6.45, 7) is -3.60. The minimum atomic E-state index is -2.69. The molecule has 0 saturated heterocycles. The van der Waals surface area contributed by atoms with Crippen LogP contribution in [-0.4, -0.2) is 26.2 Å². The van der Waals surface area contributed by atoms with E-state index in [1.54, 1.807) is 24.3 Å². The number of rotatable bonds is 3. The lowest BCUT2D eigenvalue weighted by Gasteiger charge is -2.11. The lowest BCUT2D eigenvalue weighted by molar-refractivity contribution is 0.224. The normalized spacial score (nSPS) is 17.8. The maximum Gasteiger partial charge on any atom is 0.152 e. The van der Waals surface area contributed by atoms with Gasteiger partial charge in [0.15, 0.2) is 5.82 Å². The van der Waals surface area contributed by atoms with Gasteiger partial charge < -0.3 is 15.4 Å². The highest BCUT2D eigenvalue weighted by Gasteiger charge is 2.13. The zero-order valence-electron chi connectivity index (χ0n) is 14.3. The van der Waals surface area contributed by atoms with Gasteiger partial charge in [0.05, 0.1) is 22.8 Å². The van der Waals surface area contributed by atoms with Crippen molar-refractivity contribution in [2.45, 2.75) is 13.4 Å². The molecule has 3 N–H and O–H groups in total. The minimum Gasteiger partial charge on any atom is -0.396 e. The number of imidazole rings is 1. The molecule has 5 heteroatoms. The molecular formula is C14H16N4O. The van der Waals surface area contributed by atoms with Crippen molar-refractivity contribution in [1.82, 2.24) is 14.5 Å². The molecule has 5 nitrogen and oxygen atoms in total. The number of hydrogen-bond donors (Lipinski definition) is 2. The molecule has 0 radical (unpaired) electrons. The van der Waals surface area contributed by atoms with Crippen LogP contribution in [0.25, 0.3) is 21.9 Å². The van der Waals surface area contributed by atoms with Crippen molar-refractivity contribution in [3.8, 4) is 0 Å². The van der Waals surface area contributed by atoms with E-state index in [1.165, 1.54) is 17.8 Å². The Hall–Kier alpha value is -2.14. The molecule has 0 aliphatic rings. The van der Waals surface area contributed by atoms with Gasteiger partial charge >= 0.3 is 0 Å². The van der Waals surface area contributed by atoms with Gasteiger partial charge in [0, 0.05) is 18.4 Å². The summed E-state index contributed by atoms with van der Waals surface area (Å²) >= 11 is 0. The standard InChI is InChI=1S/C14H16N4O/c1-9(7-19)6-18-8-16-12-13(18)10-4-2-3-5-11(10)17-14(12)15/h2-5,8-9,19H,6-7H2,1H3,(H2,15,17)/i6D2,7D2. The molecular weight excluding hydrogens is 240 g/mol. The van der Waals surface area contributed by atoms with E-state index in [1.807, 2.05) is 0 Å². The number of para-hydroxylation sites is 1. The third-order valence-corrected chi connectivity index (χ3v) is 2.94. The van der Waals surface area contributed by atoms with E-state index in [-0.39, 0.29) is 5.82 Å². The zero-order valence-corrected chi connectivity index (χ0v) is 10.3. The maximum atomic E-state index is 9.58. The Bertz CT molecular complexity index is 887. The first kappa shape index (κ1) is 8.12. The zero-order chi connectivity index (χ0) is 17.0. The van der Waals surface area contributed by atoms with Gasteiger partial charge in [-0.3, -0.25) is 0 Å². The van der Waals surface area contributed by atoms with Gasteiger partial charge in [-0.1, -0.05) is 25.1 Å². The second-order valence-electron chi connectivity index (χ2n) is 4.31. The second kappa shape index (κ2) is 4.51. The molecule has 1 atom stereocenters. The number of nitrogen functional groups attached to an aromatic ring is 1. The van der Waals surface area contributed by atoms with Gasteiger partial charge in [0.2, 0.25) is 0 Å². The van der Waals surface area contributed by atoms with Crippen molar-refractivity contribution in [1.29, 1.82) is 0 Å². The highest BCUT2D eigenvalue weighted by atomic mass is 16.3. The first-order valence-corrected chi connectivity index (χ1v) is 5.88. The number of nitrogens with two attached hydrogens (primary N) is 1. The average Bonchev–Trinajstić information content (AvgIpc) is 2.92. The Morgan fingerprint density at radius 1 is 1.47 bits per heavy atom. The minimum absolute atomic E-state index is 0.174. The number of anilines is 1. The largest absolute Gasteiger partial charge is 0.396 e. The molecule has 0 aliphatic heterocycles. The summed E-state index contributed by atoms with van der Waals surface area (Å²) in [5.74, 6) is -1.16. The first-order chi connectivity index (χ1) is 10.6. The number of fused-ring (bicyclic) bond motifs is 3. The summed E-state index contributed by atoms with van der Waals surface area (Å²) in [7, 11) is 0. The van der Waals surface area contributed by atoms with Crippen LogP contribution >= 0.6 is 0 Å². The van der Waals surface area contributed by atoms with Crippen LogP contribution in [-0.2, 0) is 6.50 Å². The fraction of sp³-hybridized carbons (Fsp3) is 0.286. The van der Waals surface area contributed by atoms with Crippen molar-refractivity contribution in [2.75, 3.05) is 12.3 Å². The number of hydrogen-bond acceptors (Lipinski definition) is 4. The van der Waals surface area contributed by atoms with Crippen LogP contribution in [0.1, 0.15) is 12.4 Å². The van der Waals surface area contributed by atoms with E-state index in [9.17, 15) is 5.11 Å². The van der Waals surface area contributed by atoms with E-state index in [4.69, 9.17) is 11.2 Å². The summed E-state index contributed by atoms with van der Waals surface area (Å²) in [4.78, 5) is 8.38. The highest BCUT2D eigenvalue weighted by molar-refractivity contribution is 6.06. The molecule has 3 aromatic rings. The van der Waals surface area contributed by atoms with Crippen LogP contribution < -0.4 is 5.73 Å². The summed E-state index contributed by atoms with van der Waals surface area (Å²) in [5.41, 5.74) is 7.27. The van der Waals surface area contributed by atoms with Crippen LogP contribution in [0.5, 0.6) is 0 Å². The molecule has 1 unspecified atom stereocenters. The molecule has 19 heavy (non-hydrogen) atoms. The first-order valence-electron chi connectivity index (χ1n) is 7.88. The lowest BCUT2D eigenvalue weighted by Crippen LogP contribution is -2.10. The Labute approximate surface area is 116 Å². The number of benzene rings is 1. The van der Waals surface area contributed by atoms with E-state index >= 15 is 0 Å². The number of aromatic nitrogens is 3. The molecule has 3 rings (SSSR count). The summed E-state index contributed by atoms with van der Waals surface area (Å²) in [6, 6.07) is 7.12. The Balaban J connectivity index is 2.35. The van der Waals surface area contributed by atoms with Gasteiger partial charge in [-0.05, 0) is 12.0 Å². The van der Waals surface area contributed by atoms with Gasteiger partial charge in [0.1, 0.15) is 5.52 Å². The Kier molecular flexibility index (Phi) is 1.93. The predicted octanol–water partition coefficient (Wildman–Crippen LogP) is 1.80. The molecule has 0 amide bonds. The number of pyridine rings is 1. The van der Waals surface area contributed by atoms with Crippen LogP contribution in [0.3, 0.4) is 0 Å². The molecule has 0 fully saturated rings. The van der Waals surface area contributed by atoms with Crippen molar-refractivity contribution in [3.05, 3.63) is 30.6 Å². The van der Waals surface area contributed by atoms with Gasteiger partial charge in [-0.25, -0.2) is 9.97 Å². The van der Waals surface area contributed by atoms with E-state index in [0.717, 1.165) is 0 Å². The molecule has 2 heterocycles. The summed E-state index contributed by atoms with van der Waals surface area (Å²) in [5, 5.41) is 10.2. The summed E-state index contributed by atoms with van der Waals surface area (Å²) < 4.78 is 32.7. The topological polar surface area (TPSA) is 77.0 Å². The quantitative estimate of drug-likeness (QED) is 0.752. The van der Waals surface area contributed by atoms with Crippen LogP contribution in [0.4, 0.5) is 5.82 Å². The monoisotopic (exact) mass is 260 g/mol. The van der Waals surface area contributed by atoms with E-state index in [0.29, 0.717) is 21.9 Å². The highest BCUT2D eigenvalue weighted by Crippen LogP contribution is 2.27.